The van der Waals surface area contributed by atoms with Gasteiger partial charge in [-0.3, -0.25) is 4.79 Å². The first-order chi connectivity index (χ1) is 9.54. The zero-order chi connectivity index (χ0) is 14.7. The summed E-state index contributed by atoms with van der Waals surface area (Å²) in [6, 6.07) is 7.98. The predicted molar refractivity (Wildman–Crippen MR) is 83.0 cm³/mol. The number of likely N-dealkylation sites (N-methyl/N-ethyl adjacent to an activating group) is 2. The molecule has 0 saturated heterocycles. The van der Waals surface area contributed by atoms with Crippen LogP contribution < -0.4 is 0 Å². The summed E-state index contributed by atoms with van der Waals surface area (Å²) >= 11 is 0. The van der Waals surface area contributed by atoms with Crippen LogP contribution in [0.25, 0.3) is 10.9 Å². The van der Waals surface area contributed by atoms with Gasteiger partial charge in [-0.1, -0.05) is 6.07 Å². The first-order valence-electron chi connectivity index (χ1n) is 7.06. The van der Waals surface area contributed by atoms with E-state index in [1.807, 2.05) is 56.4 Å². The molecule has 0 saturated carbocycles. The highest BCUT2D eigenvalue weighted by Crippen LogP contribution is 2.20. The zero-order valence-corrected chi connectivity index (χ0v) is 12.7. The van der Waals surface area contributed by atoms with Gasteiger partial charge in [-0.05, 0) is 46.1 Å². The highest BCUT2D eigenvalue weighted by atomic mass is 16.2. The fraction of sp³-hybridized carbons (Fsp3) is 0.438. The summed E-state index contributed by atoms with van der Waals surface area (Å²) in [5.74, 6) is 0.104. The van der Waals surface area contributed by atoms with Gasteiger partial charge in [-0.25, -0.2) is 0 Å². The van der Waals surface area contributed by atoms with E-state index in [9.17, 15) is 4.79 Å². The Morgan fingerprint density at radius 3 is 2.70 bits per heavy atom. The molecule has 0 fully saturated rings. The Balaban J connectivity index is 2.31. The topological polar surface area (TPSA) is 39.3 Å². The minimum Gasteiger partial charge on any atom is -0.361 e. The Kier molecular flexibility index (Phi) is 4.45. The number of H-pyrrole nitrogens is 1. The van der Waals surface area contributed by atoms with Crippen LogP contribution in [-0.2, 0) is 0 Å². The summed E-state index contributed by atoms with van der Waals surface area (Å²) in [6.07, 6.45) is 1.88. The van der Waals surface area contributed by atoms with Gasteiger partial charge in [0.2, 0.25) is 0 Å². The number of rotatable bonds is 5. The summed E-state index contributed by atoms with van der Waals surface area (Å²) in [6.45, 7) is 5.71. The van der Waals surface area contributed by atoms with Crippen molar-refractivity contribution in [1.82, 2.24) is 14.8 Å². The van der Waals surface area contributed by atoms with Gasteiger partial charge in [-0.15, -0.1) is 0 Å². The van der Waals surface area contributed by atoms with Crippen LogP contribution in [0.15, 0.2) is 30.5 Å². The van der Waals surface area contributed by atoms with Crippen molar-refractivity contribution in [3.05, 3.63) is 36.0 Å². The molecule has 1 heterocycles. The second kappa shape index (κ2) is 6.09. The molecule has 108 valence electrons. The maximum absolute atomic E-state index is 12.8. The van der Waals surface area contributed by atoms with Crippen LogP contribution in [0.4, 0.5) is 0 Å². The number of nitrogens with one attached hydrogen (secondary N) is 1. The molecular formula is C16H23N3O. The average Bonchev–Trinajstić information content (AvgIpc) is 2.86. The van der Waals surface area contributed by atoms with Gasteiger partial charge in [0.15, 0.2) is 0 Å². The number of aromatic amines is 1. The average molecular weight is 273 g/mol. The molecule has 0 aliphatic carbocycles. The lowest BCUT2D eigenvalue weighted by Gasteiger charge is -2.30. The van der Waals surface area contributed by atoms with Crippen LogP contribution in [-0.4, -0.2) is 53.9 Å². The fourth-order valence-corrected chi connectivity index (χ4v) is 2.71. The Morgan fingerprint density at radius 1 is 1.30 bits per heavy atom. The number of amides is 1. The van der Waals surface area contributed by atoms with Gasteiger partial charge in [0.1, 0.15) is 0 Å². The number of carbonyl (C=O) groups is 1. The normalized spacial score (nSPS) is 12.8. The molecule has 0 bridgehead atoms. The monoisotopic (exact) mass is 273 g/mol. The molecule has 1 atom stereocenters. The molecular weight excluding hydrogens is 250 g/mol. The first kappa shape index (κ1) is 14.6. The lowest BCUT2D eigenvalue weighted by molar-refractivity contribution is 0.0681. The van der Waals surface area contributed by atoms with Crippen molar-refractivity contribution in [1.29, 1.82) is 0 Å². The third kappa shape index (κ3) is 2.85. The molecule has 0 aliphatic rings. The van der Waals surface area contributed by atoms with E-state index in [-0.39, 0.29) is 11.9 Å². The van der Waals surface area contributed by atoms with Crippen LogP contribution in [0.1, 0.15) is 24.2 Å². The van der Waals surface area contributed by atoms with E-state index in [4.69, 9.17) is 0 Å². The fourth-order valence-electron chi connectivity index (χ4n) is 2.71. The molecule has 0 spiro atoms. The Labute approximate surface area is 120 Å². The number of hydrogen-bond acceptors (Lipinski definition) is 2. The summed E-state index contributed by atoms with van der Waals surface area (Å²) in [7, 11) is 4.06. The lowest BCUT2D eigenvalue weighted by atomic mass is 10.1. The van der Waals surface area contributed by atoms with Gasteiger partial charge in [-0.2, -0.15) is 0 Å². The van der Waals surface area contributed by atoms with Gasteiger partial charge < -0.3 is 14.8 Å². The van der Waals surface area contributed by atoms with E-state index >= 15 is 0 Å². The molecule has 0 aliphatic heterocycles. The largest absolute Gasteiger partial charge is 0.361 e. The number of nitrogens with zero attached hydrogens (tertiary/aromatic N) is 2. The molecule has 2 aromatic rings. The summed E-state index contributed by atoms with van der Waals surface area (Å²) in [5.41, 5.74) is 1.78. The van der Waals surface area contributed by atoms with Gasteiger partial charge in [0, 0.05) is 41.8 Å². The van der Waals surface area contributed by atoms with Crippen molar-refractivity contribution >= 4 is 16.8 Å². The number of benzene rings is 1. The Morgan fingerprint density at radius 2 is 2.05 bits per heavy atom. The summed E-state index contributed by atoms with van der Waals surface area (Å²) in [4.78, 5) is 20.0. The molecule has 1 aromatic carbocycles. The van der Waals surface area contributed by atoms with E-state index in [2.05, 4.69) is 16.8 Å². The zero-order valence-electron chi connectivity index (χ0n) is 12.7. The third-order valence-corrected chi connectivity index (χ3v) is 3.59. The minimum atomic E-state index is 0.104. The Hall–Kier alpha value is -1.81. The van der Waals surface area contributed by atoms with Crippen LogP contribution in [0.5, 0.6) is 0 Å². The number of aromatic nitrogens is 1. The molecule has 0 radical (unpaired) electrons. The standard InChI is InChI=1S/C16H23N3O/c1-5-19(12(2)11-18(3)4)16(20)14-7-6-8-15-13(14)9-10-17-15/h6-10,12,17H,5,11H2,1-4H3. The van der Waals surface area contributed by atoms with Gasteiger partial charge in [0.05, 0.1) is 0 Å². The quantitative estimate of drug-likeness (QED) is 0.909. The smallest absolute Gasteiger partial charge is 0.254 e. The maximum Gasteiger partial charge on any atom is 0.254 e. The van der Waals surface area contributed by atoms with E-state index in [0.717, 1.165) is 23.0 Å². The lowest BCUT2D eigenvalue weighted by Crippen LogP contribution is -2.43. The van der Waals surface area contributed by atoms with Crippen molar-refractivity contribution in [3.8, 4) is 0 Å². The van der Waals surface area contributed by atoms with Crippen molar-refractivity contribution in [2.24, 2.45) is 0 Å². The van der Waals surface area contributed by atoms with Crippen LogP contribution >= 0.6 is 0 Å². The molecule has 1 amide bonds. The molecule has 1 unspecified atom stereocenters. The second-order valence-corrected chi connectivity index (χ2v) is 5.45. The SMILES string of the molecule is CCN(C(=O)c1cccc2[nH]ccc12)C(C)CN(C)C. The first-order valence-corrected chi connectivity index (χ1v) is 7.06. The van der Waals surface area contributed by atoms with Gasteiger partial charge >= 0.3 is 0 Å². The van der Waals surface area contributed by atoms with Crippen molar-refractivity contribution in [3.63, 3.8) is 0 Å². The van der Waals surface area contributed by atoms with Gasteiger partial charge in [0.25, 0.3) is 5.91 Å². The molecule has 2 rings (SSSR count). The number of hydrogen-bond donors (Lipinski definition) is 1. The molecule has 1 aromatic heterocycles. The van der Waals surface area contributed by atoms with Crippen LogP contribution in [0.2, 0.25) is 0 Å². The van der Waals surface area contributed by atoms with E-state index in [1.165, 1.54) is 0 Å². The van der Waals surface area contributed by atoms with E-state index in [0.29, 0.717) is 6.54 Å². The predicted octanol–water partition coefficient (Wildman–Crippen LogP) is 2.58. The minimum absolute atomic E-state index is 0.104. The third-order valence-electron chi connectivity index (χ3n) is 3.59. The van der Waals surface area contributed by atoms with Crippen molar-refractivity contribution in [2.75, 3.05) is 27.2 Å². The van der Waals surface area contributed by atoms with Crippen LogP contribution in [0.3, 0.4) is 0 Å². The molecule has 4 heteroatoms. The molecule has 1 N–H and O–H groups in total. The van der Waals surface area contributed by atoms with Crippen molar-refractivity contribution in [2.45, 2.75) is 19.9 Å². The highest BCUT2D eigenvalue weighted by Gasteiger charge is 2.22. The van der Waals surface area contributed by atoms with Crippen molar-refractivity contribution < 1.29 is 4.79 Å². The number of carbonyl (C=O) groups excluding carboxylic acids is 1. The second-order valence-electron chi connectivity index (χ2n) is 5.45. The summed E-state index contributed by atoms with van der Waals surface area (Å²) in [5, 5.41) is 0.994. The van der Waals surface area contributed by atoms with E-state index in [1.54, 1.807) is 0 Å². The Bertz CT molecular complexity index is 588. The highest BCUT2D eigenvalue weighted by molar-refractivity contribution is 6.06. The summed E-state index contributed by atoms with van der Waals surface area (Å²) < 4.78 is 0. The maximum atomic E-state index is 12.8. The number of fused-ring (bicyclic) bond motifs is 1. The molecule has 4 nitrogen and oxygen atoms in total. The molecule has 20 heavy (non-hydrogen) atoms. The van der Waals surface area contributed by atoms with Crippen LogP contribution in [0, 0.1) is 0 Å². The van der Waals surface area contributed by atoms with E-state index < -0.39 is 0 Å².